The van der Waals surface area contributed by atoms with E-state index in [-0.39, 0.29) is 11.3 Å². The third-order valence-electron chi connectivity index (χ3n) is 5.65. The average Bonchev–Trinajstić information content (AvgIpc) is 2.74. The molecule has 0 atom stereocenters. The second-order valence-corrected chi connectivity index (χ2v) is 7.30. The number of nitriles is 1. The zero-order valence-corrected chi connectivity index (χ0v) is 15.6. The molecule has 1 aliphatic carbocycles. The van der Waals surface area contributed by atoms with Crippen LogP contribution in [0, 0.1) is 11.3 Å². The van der Waals surface area contributed by atoms with Gasteiger partial charge in [-0.1, -0.05) is 42.5 Å². The van der Waals surface area contributed by atoms with Gasteiger partial charge in [-0.15, -0.1) is 0 Å². The Bertz CT molecular complexity index is 834. The van der Waals surface area contributed by atoms with Gasteiger partial charge in [0.2, 0.25) is 0 Å². The van der Waals surface area contributed by atoms with Crippen molar-refractivity contribution in [2.24, 2.45) is 5.73 Å². The molecule has 140 valence electrons. The molecule has 5 nitrogen and oxygen atoms in total. The van der Waals surface area contributed by atoms with Gasteiger partial charge in [0.25, 0.3) is 5.91 Å². The normalized spacial score (nSPS) is 24.6. The number of amides is 1. The number of ether oxygens (including phenoxy) is 1. The molecular weight excluding hydrogens is 338 g/mol. The summed E-state index contributed by atoms with van der Waals surface area (Å²) in [5.41, 5.74) is 6.87. The molecule has 0 saturated heterocycles. The monoisotopic (exact) mass is 363 g/mol. The third-order valence-corrected chi connectivity index (χ3v) is 5.65. The Morgan fingerprint density at radius 1 is 1.11 bits per heavy atom. The molecule has 3 rings (SSSR count). The number of hydrogen-bond acceptors (Lipinski definition) is 4. The Kier molecular flexibility index (Phi) is 5.48. The third kappa shape index (κ3) is 3.96. The van der Waals surface area contributed by atoms with Crippen molar-refractivity contribution >= 4 is 5.91 Å². The predicted molar refractivity (Wildman–Crippen MR) is 104 cm³/mol. The number of benzene rings is 2. The Morgan fingerprint density at radius 3 is 2.37 bits per heavy atom. The van der Waals surface area contributed by atoms with Gasteiger partial charge < -0.3 is 15.8 Å². The molecule has 1 aliphatic rings. The van der Waals surface area contributed by atoms with Gasteiger partial charge in [0.05, 0.1) is 18.7 Å². The topological polar surface area (TPSA) is 88.1 Å². The summed E-state index contributed by atoms with van der Waals surface area (Å²) in [6.07, 6.45) is 2.74. The lowest BCUT2D eigenvalue weighted by atomic mass is 9.64. The van der Waals surface area contributed by atoms with Gasteiger partial charge >= 0.3 is 0 Å². The van der Waals surface area contributed by atoms with Crippen molar-refractivity contribution in [2.75, 3.05) is 13.7 Å². The van der Waals surface area contributed by atoms with E-state index in [9.17, 15) is 10.1 Å². The van der Waals surface area contributed by atoms with Gasteiger partial charge in [0.1, 0.15) is 11.3 Å². The quantitative estimate of drug-likeness (QED) is 0.854. The lowest BCUT2D eigenvalue weighted by Crippen LogP contribution is -2.50. The van der Waals surface area contributed by atoms with Crippen LogP contribution in [0.4, 0.5) is 0 Å². The minimum atomic E-state index is -0.773. The highest BCUT2D eigenvalue weighted by molar-refractivity contribution is 5.96. The number of carbonyl (C=O) groups is 1. The molecule has 0 heterocycles. The van der Waals surface area contributed by atoms with E-state index in [1.54, 1.807) is 19.2 Å². The molecule has 5 heteroatoms. The van der Waals surface area contributed by atoms with E-state index in [0.717, 1.165) is 12.8 Å². The summed E-state index contributed by atoms with van der Waals surface area (Å²) in [5.74, 6) is 0.394. The second-order valence-electron chi connectivity index (χ2n) is 7.30. The van der Waals surface area contributed by atoms with Crippen molar-refractivity contribution in [3.63, 3.8) is 0 Å². The van der Waals surface area contributed by atoms with E-state index in [4.69, 9.17) is 10.5 Å². The van der Waals surface area contributed by atoms with Gasteiger partial charge in [-0.25, -0.2) is 0 Å². The second kappa shape index (κ2) is 7.81. The number of rotatable bonds is 5. The van der Waals surface area contributed by atoms with E-state index in [2.05, 4.69) is 23.5 Å². The number of para-hydroxylation sites is 1. The lowest BCUT2D eigenvalue weighted by molar-refractivity contribution is 0.0930. The number of hydrogen-bond donors (Lipinski definition) is 2. The molecule has 1 amide bonds. The number of carbonyl (C=O) groups excluding carboxylic acids is 1. The Labute approximate surface area is 160 Å². The summed E-state index contributed by atoms with van der Waals surface area (Å²) in [4.78, 5) is 12.8. The van der Waals surface area contributed by atoms with Gasteiger partial charge in [0, 0.05) is 12.0 Å². The number of methoxy groups -OCH3 is 1. The standard InChI is InChI=1S/C22H25N3O2/c1-27-19-10-6-5-9-18(19)20(26)25-16-21(17-7-3-2-4-8-17)11-13-22(24,15-23)14-12-21/h2-10H,11-14,16,24H2,1H3,(H,25,26)/t21-,22-. The molecular formula is C22H25N3O2. The first-order chi connectivity index (χ1) is 13.0. The van der Waals surface area contributed by atoms with Crippen molar-refractivity contribution in [2.45, 2.75) is 36.6 Å². The van der Waals surface area contributed by atoms with Crippen LogP contribution in [0.15, 0.2) is 54.6 Å². The zero-order chi connectivity index (χ0) is 19.3. The van der Waals surface area contributed by atoms with E-state index >= 15 is 0 Å². The SMILES string of the molecule is COc1ccccc1C(=O)NC[C@]1(c2ccccc2)CC[C@@](N)(C#N)CC1. The summed E-state index contributed by atoms with van der Waals surface area (Å²) >= 11 is 0. The Balaban J connectivity index is 1.81. The summed E-state index contributed by atoms with van der Waals surface area (Å²) < 4.78 is 5.30. The van der Waals surface area contributed by atoms with Gasteiger partial charge in [-0.05, 0) is 43.4 Å². The Hall–Kier alpha value is -2.84. The highest BCUT2D eigenvalue weighted by atomic mass is 16.5. The molecule has 27 heavy (non-hydrogen) atoms. The maximum atomic E-state index is 12.8. The maximum Gasteiger partial charge on any atom is 0.255 e. The number of nitrogens with zero attached hydrogens (tertiary/aromatic N) is 1. The molecule has 0 radical (unpaired) electrons. The van der Waals surface area contributed by atoms with Gasteiger partial charge in [-0.2, -0.15) is 5.26 Å². The van der Waals surface area contributed by atoms with Crippen LogP contribution in [-0.4, -0.2) is 25.1 Å². The molecule has 3 N–H and O–H groups in total. The van der Waals surface area contributed by atoms with E-state index in [1.807, 2.05) is 30.3 Å². The fourth-order valence-corrected chi connectivity index (χ4v) is 3.82. The fourth-order valence-electron chi connectivity index (χ4n) is 3.82. The average molecular weight is 363 g/mol. The molecule has 0 aliphatic heterocycles. The number of nitrogens with two attached hydrogens (primary N) is 1. The lowest BCUT2D eigenvalue weighted by Gasteiger charge is -2.42. The molecule has 2 aromatic rings. The van der Waals surface area contributed by atoms with Crippen molar-refractivity contribution in [1.29, 1.82) is 5.26 Å². The van der Waals surface area contributed by atoms with Crippen molar-refractivity contribution in [1.82, 2.24) is 5.32 Å². The summed E-state index contributed by atoms with van der Waals surface area (Å²) in [7, 11) is 1.56. The Morgan fingerprint density at radius 2 is 1.74 bits per heavy atom. The molecule has 0 aromatic heterocycles. The van der Waals surface area contributed by atoms with Crippen LogP contribution in [0.25, 0.3) is 0 Å². The summed E-state index contributed by atoms with van der Waals surface area (Å²) in [6.45, 7) is 0.495. The first-order valence-electron chi connectivity index (χ1n) is 9.19. The largest absolute Gasteiger partial charge is 0.496 e. The fraction of sp³-hybridized carbons (Fsp3) is 0.364. The van der Waals surface area contributed by atoms with Crippen molar-refractivity contribution < 1.29 is 9.53 Å². The van der Waals surface area contributed by atoms with Crippen LogP contribution in [-0.2, 0) is 5.41 Å². The minimum absolute atomic E-state index is 0.160. The van der Waals surface area contributed by atoms with Gasteiger partial charge in [0.15, 0.2) is 0 Å². The maximum absolute atomic E-state index is 12.8. The van der Waals surface area contributed by atoms with Crippen LogP contribution in [0.5, 0.6) is 5.75 Å². The summed E-state index contributed by atoms with van der Waals surface area (Å²) in [5, 5.41) is 12.4. The first-order valence-corrected chi connectivity index (χ1v) is 9.19. The zero-order valence-electron chi connectivity index (χ0n) is 15.6. The molecule has 0 unspecified atom stereocenters. The smallest absolute Gasteiger partial charge is 0.255 e. The van der Waals surface area contributed by atoms with Crippen molar-refractivity contribution in [3.05, 3.63) is 65.7 Å². The predicted octanol–water partition coefficient (Wildman–Crippen LogP) is 3.16. The van der Waals surface area contributed by atoms with E-state index in [1.165, 1.54) is 5.56 Å². The van der Waals surface area contributed by atoms with Crippen molar-refractivity contribution in [3.8, 4) is 11.8 Å². The first kappa shape index (κ1) is 18.9. The van der Waals surface area contributed by atoms with Crippen LogP contribution >= 0.6 is 0 Å². The minimum Gasteiger partial charge on any atom is -0.496 e. The van der Waals surface area contributed by atoms with E-state index < -0.39 is 5.54 Å². The highest BCUT2D eigenvalue weighted by Crippen LogP contribution is 2.42. The highest BCUT2D eigenvalue weighted by Gasteiger charge is 2.42. The number of nitrogens with one attached hydrogen (secondary N) is 1. The van der Waals surface area contributed by atoms with Crippen LogP contribution in [0.3, 0.4) is 0 Å². The molecule has 1 fully saturated rings. The molecule has 1 saturated carbocycles. The van der Waals surface area contributed by atoms with Crippen LogP contribution in [0.2, 0.25) is 0 Å². The van der Waals surface area contributed by atoms with Gasteiger partial charge in [-0.3, -0.25) is 4.79 Å². The molecule has 0 spiro atoms. The van der Waals surface area contributed by atoms with Crippen LogP contribution in [0.1, 0.15) is 41.6 Å². The van der Waals surface area contributed by atoms with E-state index in [0.29, 0.717) is 30.7 Å². The summed E-state index contributed by atoms with van der Waals surface area (Å²) in [6, 6.07) is 19.6. The van der Waals surface area contributed by atoms with Crippen LogP contribution < -0.4 is 15.8 Å². The molecule has 0 bridgehead atoms. The molecule has 2 aromatic carbocycles.